The van der Waals surface area contributed by atoms with Gasteiger partial charge in [0.25, 0.3) is 10.5 Å². The Morgan fingerprint density at radius 3 is 2.87 bits per heavy atom. The molecule has 8 nitrogen and oxygen atoms in total. The highest BCUT2D eigenvalue weighted by Crippen LogP contribution is 2.23. The summed E-state index contributed by atoms with van der Waals surface area (Å²) in [6, 6.07) is 6.09. The van der Waals surface area contributed by atoms with Crippen molar-refractivity contribution in [2.24, 2.45) is 0 Å². The molecule has 1 N–H and O–H groups in total. The molecule has 1 aromatic carbocycles. The third kappa shape index (κ3) is 3.63. The average molecular weight is 336 g/mol. The van der Waals surface area contributed by atoms with Gasteiger partial charge in [-0.15, -0.1) is 5.10 Å². The van der Waals surface area contributed by atoms with Gasteiger partial charge in [0, 0.05) is 30.8 Å². The van der Waals surface area contributed by atoms with Gasteiger partial charge in [-0.05, 0) is 31.1 Å². The van der Waals surface area contributed by atoms with Crippen LogP contribution in [0.2, 0.25) is 0 Å². The molecule has 1 aromatic heterocycles. The van der Waals surface area contributed by atoms with Gasteiger partial charge in [0.05, 0.1) is 17.7 Å². The van der Waals surface area contributed by atoms with Gasteiger partial charge in [0.1, 0.15) is 0 Å². The Balaban J connectivity index is 1.79. The van der Waals surface area contributed by atoms with Gasteiger partial charge in [-0.3, -0.25) is 15.0 Å². The second-order valence-corrected chi connectivity index (χ2v) is 5.82. The first-order valence-corrected chi connectivity index (χ1v) is 7.67. The number of hydrogen-bond acceptors (Lipinski definition) is 7. The fourth-order valence-corrected chi connectivity index (χ4v) is 2.69. The van der Waals surface area contributed by atoms with Crippen LogP contribution in [0.25, 0.3) is 11.5 Å². The fraction of sp³-hybridized carbons (Fsp3) is 0.429. The van der Waals surface area contributed by atoms with E-state index in [1.807, 2.05) is 0 Å². The number of aliphatic hydroxyl groups is 1. The Hall–Kier alpha value is -2.10. The first-order chi connectivity index (χ1) is 11.0. The van der Waals surface area contributed by atoms with Crippen molar-refractivity contribution in [3.05, 3.63) is 39.2 Å². The molecule has 2 heterocycles. The molecule has 0 radical (unpaired) electrons. The summed E-state index contributed by atoms with van der Waals surface area (Å²) in [5.74, 6) is 0.260. The van der Waals surface area contributed by atoms with Crippen LogP contribution in [0.5, 0.6) is 0 Å². The topological polar surface area (TPSA) is 97.6 Å². The van der Waals surface area contributed by atoms with Crippen LogP contribution in [-0.4, -0.2) is 43.9 Å². The van der Waals surface area contributed by atoms with Crippen molar-refractivity contribution >= 4 is 17.9 Å². The maximum absolute atomic E-state index is 10.8. The number of benzene rings is 1. The minimum Gasteiger partial charge on any atom is -0.409 e. The largest absolute Gasteiger partial charge is 0.409 e. The molecule has 0 amide bonds. The molecule has 2 aromatic rings. The van der Waals surface area contributed by atoms with Crippen molar-refractivity contribution in [3.63, 3.8) is 0 Å². The van der Waals surface area contributed by atoms with Gasteiger partial charge < -0.3 is 9.52 Å². The van der Waals surface area contributed by atoms with Crippen LogP contribution < -0.4 is 0 Å². The lowest BCUT2D eigenvalue weighted by molar-refractivity contribution is -0.384. The predicted molar refractivity (Wildman–Crippen MR) is 84.2 cm³/mol. The van der Waals surface area contributed by atoms with E-state index >= 15 is 0 Å². The number of non-ortho nitro benzene ring substituents is 1. The number of piperidine rings is 1. The van der Waals surface area contributed by atoms with Gasteiger partial charge in [-0.2, -0.15) is 0 Å². The number of aromatic nitrogens is 2. The molecule has 0 spiro atoms. The Kier molecular flexibility index (Phi) is 4.51. The normalized spacial score (nSPS) is 16.6. The number of nitrogens with zero attached hydrogens (tertiary/aromatic N) is 4. The minimum atomic E-state index is -0.464. The molecule has 1 fully saturated rings. The number of rotatable bonds is 4. The first-order valence-electron chi connectivity index (χ1n) is 7.26. The van der Waals surface area contributed by atoms with Crippen LogP contribution >= 0.6 is 12.2 Å². The monoisotopic (exact) mass is 336 g/mol. The van der Waals surface area contributed by atoms with Gasteiger partial charge >= 0.3 is 0 Å². The zero-order valence-electron chi connectivity index (χ0n) is 12.3. The molecule has 3 rings (SSSR count). The quantitative estimate of drug-likeness (QED) is 0.519. The third-order valence-electron chi connectivity index (χ3n) is 3.80. The van der Waals surface area contributed by atoms with E-state index in [-0.39, 0.29) is 22.5 Å². The number of nitro groups is 1. The Labute approximate surface area is 137 Å². The summed E-state index contributed by atoms with van der Waals surface area (Å²) < 4.78 is 7.02. The van der Waals surface area contributed by atoms with Crippen LogP contribution in [0.4, 0.5) is 5.69 Å². The summed E-state index contributed by atoms with van der Waals surface area (Å²) in [6.07, 6.45) is 1.21. The van der Waals surface area contributed by atoms with E-state index in [1.54, 1.807) is 16.8 Å². The molecule has 23 heavy (non-hydrogen) atoms. The molecule has 0 bridgehead atoms. The van der Waals surface area contributed by atoms with Crippen molar-refractivity contribution in [1.29, 1.82) is 0 Å². The standard InChI is InChI=1S/C14H16N4O4S/c19-12-4-6-16(7-5-12)9-17-14(23)22-13(15-17)10-2-1-3-11(8-10)18(20)21/h1-3,8,12,19H,4-7,9H2. The molecule has 0 atom stereocenters. The second kappa shape index (κ2) is 6.57. The highest BCUT2D eigenvalue weighted by molar-refractivity contribution is 7.71. The van der Waals surface area contributed by atoms with E-state index in [0.29, 0.717) is 12.2 Å². The van der Waals surface area contributed by atoms with Crippen LogP contribution in [0, 0.1) is 15.0 Å². The molecule has 9 heteroatoms. The number of hydrogen-bond donors (Lipinski definition) is 1. The first kappa shape index (κ1) is 15.8. The highest BCUT2D eigenvalue weighted by Gasteiger charge is 2.19. The van der Waals surface area contributed by atoms with Gasteiger partial charge in [0.15, 0.2) is 0 Å². The van der Waals surface area contributed by atoms with Gasteiger partial charge in [-0.25, -0.2) is 4.68 Å². The van der Waals surface area contributed by atoms with E-state index in [4.69, 9.17) is 16.6 Å². The van der Waals surface area contributed by atoms with Gasteiger partial charge in [0.2, 0.25) is 5.89 Å². The Bertz CT molecular complexity index is 764. The second-order valence-electron chi connectivity index (χ2n) is 5.47. The molecule has 1 saturated heterocycles. The molecule has 0 saturated carbocycles. The maximum atomic E-state index is 10.8. The lowest BCUT2D eigenvalue weighted by Gasteiger charge is -2.28. The molecule has 0 unspecified atom stereocenters. The van der Waals surface area contributed by atoms with Crippen LogP contribution in [0.15, 0.2) is 28.7 Å². The molecule has 1 aliphatic rings. The minimum absolute atomic E-state index is 0.0248. The van der Waals surface area contributed by atoms with Crippen LogP contribution in [0.1, 0.15) is 12.8 Å². The SMILES string of the molecule is O=[N+]([O-])c1cccc(-c2nn(CN3CCC(O)CC3)c(=S)o2)c1. The summed E-state index contributed by atoms with van der Waals surface area (Å²) >= 11 is 5.17. The predicted octanol–water partition coefficient (Wildman–Crippen LogP) is 2.19. The average Bonchev–Trinajstić information content (AvgIpc) is 2.91. The Morgan fingerprint density at radius 1 is 1.43 bits per heavy atom. The van der Waals surface area contributed by atoms with E-state index in [2.05, 4.69) is 10.00 Å². The van der Waals surface area contributed by atoms with Crippen molar-refractivity contribution in [2.75, 3.05) is 13.1 Å². The fourth-order valence-electron chi connectivity index (χ4n) is 2.51. The summed E-state index contributed by atoms with van der Waals surface area (Å²) in [5, 5.41) is 24.7. The smallest absolute Gasteiger partial charge is 0.288 e. The van der Waals surface area contributed by atoms with Crippen LogP contribution in [0.3, 0.4) is 0 Å². The van der Waals surface area contributed by atoms with Gasteiger partial charge in [-0.1, -0.05) is 6.07 Å². The van der Waals surface area contributed by atoms with E-state index < -0.39 is 4.92 Å². The highest BCUT2D eigenvalue weighted by atomic mass is 32.1. The zero-order valence-corrected chi connectivity index (χ0v) is 13.1. The molecule has 122 valence electrons. The number of aliphatic hydroxyl groups excluding tert-OH is 1. The maximum Gasteiger partial charge on any atom is 0.288 e. The molecular formula is C14H16N4O4S. The number of nitro benzene ring substituents is 1. The zero-order chi connectivity index (χ0) is 16.4. The lowest BCUT2D eigenvalue weighted by Crippen LogP contribution is -2.37. The summed E-state index contributed by atoms with van der Waals surface area (Å²) in [5.41, 5.74) is 0.487. The summed E-state index contributed by atoms with van der Waals surface area (Å²) in [6.45, 7) is 2.01. The van der Waals surface area contributed by atoms with Crippen molar-refractivity contribution in [2.45, 2.75) is 25.6 Å². The van der Waals surface area contributed by atoms with E-state index in [0.717, 1.165) is 25.9 Å². The summed E-state index contributed by atoms with van der Waals surface area (Å²) in [4.78, 5) is 12.7. The Morgan fingerprint density at radius 2 is 2.17 bits per heavy atom. The van der Waals surface area contributed by atoms with Crippen molar-refractivity contribution in [3.8, 4) is 11.5 Å². The van der Waals surface area contributed by atoms with E-state index in [1.165, 1.54) is 12.1 Å². The third-order valence-corrected chi connectivity index (χ3v) is 4.10. The van der Waals surface area contributed by atoms with Crippen molar-refractivity contribution in [1.82, 2.24) is 14.7 Å². The summed E-state index contributed by atoms with van der Waals surface area (Å²) in [7, 11) is 0. The molecule has 0 aliphatic carbocycles. The molecular weight excluding hydrogens is 320 g/mol. The lowest BCUT2D eigenvalue weighted by atomic mass is 10.1. The van der Waals surface area contributed by atoms with E-state index in [9.17, 15) is 15.2 Å². The van der Waals surface area contributed by atoms with Crippen molar-refractivity contribution < 1.29 is 14.4 Å². The molecule has 1 aliphatic heterocycles. The van der Waals surface area contributed by atoms with Crippen LogP contribution in [-0.2, 0) is 6.67 Å². The number of likely N-dealkylation sites (tertiary alicyclic amines) is 1.